The molecular formula is C15H18N2O. The summed E-state index contributed by atoms with van der Waals surface area (Å²) in [5.41, 5.74) is 3.38. The first kappa shape index (κ1) is 12.6. The van der Waals surface area contributed by atoms with Crippen LogP contribution in [-0.4, -0.2) is 23.4 Å². The number of amides is 1. The van der Waals surface area contributed by atoms with Crippen molar-refractivity contribution < 1.29 is 4.79 Å². The minimum Gasteiger partial charge on any atom is -0.326 e. The average molecular weight is 242 g/mol. The van der Waals surface area contributed by atoms with Crippen LogP contribution in [0.5, 0.6) is 0 Å². The van der Waals surface area contributed by atoms with E-state index in [1.807, 2.05) is 19.9 Å². The highest BCUT2D eigenvalue weighted by atomic mass is 16.2. The second-order valence-corrected chi connectivity index (χ2v) is 4.98. The number of aryl methyl sites for hydroxylation is 2. The quantitative estimate of drug-likeness (QED) is 0.799. The van der Waals surface area contributed by atoms with Crippen LogP contribution in [0.3, 0.4) is 0 Å². The number of hydrogen-bond donors (Lipinski definition) is 0. The van der Waals surface area contributed by atoms with Gasteiger partial charge in [0.25, 0.3) is 0 Å². The first-order valence-electron chi connectivity index (χ1n) is 6.37. The molecule has 1 amide bonds. The van der Waals surface area contributed by atoms with Crippen LogP contribution in [0.1, 0.15) is 29.5 Å². The Morgan fingerprint density at radius 3 is 3.00 bits per heavy atom. The summed E-state index contributed by atoms with van der Waals surface area (Å²) in [6.07, 6.45) is 2.16. The number of carbonyl (C=O) groups excluding carboxylic acids is 1. The third-order valence-corrected chi connectivity index (χ3v) is 3.57. The molecule has 1 aromatic rings. The van der Waals surface area contributed by atoms with E-state index in [0.29, 0.717) is 6.42 Å². The zero-order valence-corrected chi connectivity index (χ0v) is 10.9. The number of likely N-dealkylation sites (tertiary alicyclic amines) is 1. The predicted molar refractivity (Wildman–Crippen MR) is 70.0 cm³/mol. The molecule has 1 atom stereocenters. The molecule has 1 aliphatic rings. The number of rotatable bonds is 2. The minimum atomic E-state index is -0.220. The van der Waals surface area contributed by atoms with Gasteiger partial charge in [0.1, 0.15) is 6.04 Å². The summed E-state index contributed by atoms with van der Waals surface area (Å²) in [7, 11) is 0. The number of nitrogens with zero attached hydrogens (tertiary/aromatic N) is 2. The standard InChI is InChI=1S/C15H18N2O/c1-11-5-6-12(2)13(8-11)9-15(18)17-7-3-4-14(17)10-16/h5-6,8,14H,3-4,7,9H2,1-2H3. The van der Waals surface area contributed by atoms with E-state index in [0.717, 1.165) is 30.5 Å². The van der Waals surface area contributed by atoms with Gasteiger partial charge in [-0.05, 0) is 37.8 Å². The molecule has 3 heteroatoms. The smallest absolute Gasteiger partial charge is 0.228 e. The largest absolute Gasteiger partial charge is 0.326 e. The van der Waals surface area contributed by atoms with Gasteiger partial charge < -0.3 is 4.90 Å². The van der Waals surface area contributed by atoms with Crippen LogP contribution in [0.25, 0.3) is 0 Å². The van der Waals surface area contributed by atoms with Gasteiger partial charge >= 0.3 is 0 Å². The Bertz CT molecular complexity index is 502. The van der Waals surface area contributed by atoms with Crippen molar-refractivity contribution in [2.75, 3.05) is 6.54 Å². The zero-order valence-electron chi connectivity index (χ0n) is 10.9. The van der Waals surface area contributed by atoms with Gasteiger partial charge in [-0.15, -0.1) is 0 Å². The van der Waals surface area contributed by atoms with E-state index < -0.39 is 0 Å². The van der Waals surface area contributed by atoms with Crippen molar-refractivity contribution in [1.29, 1.82) is 5.26 Å². The van der Waals surface area contributed by atoms with E-state index in [2.05, 4.69) is 18.2 Å². The van der Waals surface area contributed by atoms with Crippen molar-refractivity contribution in [3.8, 4) is 6.07 Å². The van der Waals surface area contributed by atoms with Crippen molar-refractivity contribution >= 4 is 5.91 Å². The Hall–Kier alpha value is -1.82. The molecule has 1 fully saturated rings. The van der Waals surface area contributed by atoms with Crippen LogP contribution in [0, 0.1) is 25.2 Å². The van der Waals surface area contributed by atoms with E-state index in [4.69, 9.17) is 5.26 Å². The van der Waals surface area contributed by atoms with Crippen molar-refractivity contribution in [2.45, 2.75) is 39.2 Å². The summed E-state index contributed by atoms with van der Waals surface area (Å²) in [5, 5.41) is 9.01. The third kappa shape index (κ3) is 2.53. The van der Waals surface area contributed by atoms with Gasteiger partial charge in [-0.3, -0.25) is 4.79 Å². The van der Waals surface area contributed by atoms with E-state index in [1.54, 1.807) is 4.90 Å². The maximum atomic E-state index is 12.2. The summed E-state index contributed by atoms with van der Waals surface area (Å²) in [5.74, 6) is 0.0766. The van der Waals surface area contributed by atoms with Crippen LogP contribution < -0.4 is 0 Å². The second kappa shape index (κ2) is 5.22. The maximum absolute atomic E-state index is 12.2. The fraction of sp³-hybridized carbons (Fsp3) is 0.467. The lowest BCUT2D eigenvalue weighted by molar-refractivity contribution is -0.130. The van der Waals surface area contributed by atoms with E-state index >= 15 is 0 Å². The first-order chi connectivity index (χ1) is 8.61. The number of carbonyl (C=O) groups is 1. The summed E-state index contributed by atoms with van der Waals surface area (Å²) in [4.78, 5) is 13.9. The van der Waals surface area contributed by atoms with Crippen LogP contribution in [0.15, 0.2) is 18.2 Å². The molecule has 1 aromatic carbocycles. The van der Waals surface area contributed by atoms with E-state index in [9.17, 15) is 4.79 Å². The lowest BCUT2D eigenvalue weighted by Crippen LogP contribution is -2.35. The topological polar surface area (TPSA) is 44.1 Å². The van der Waals surface area contributed by atoms with Gasteiger partial charge in [0.2, 0.25) is 5.91 Å². The zero-order chi connectivity index (χ0) is 13.1. The van der Waals surface area contributed by atoms with Gasteiger partial charge in [0, 0.05) is 6.54 Å². The lowest BCUT2D eigenvalue weighted by atomic mass is 10.0. The fourth-order valence-corrected chi connectivity index (χ4v) is 2.45. The summed E-state index contributed by atoms with van der Waals surface area (Å²) in [6, 6.07) is 8.15. The Balaban J connectivity index is 2.12. The van der Waals surface area contributed by atoms with Gasteiger partial charge in [-0.1, -0.05) is 23.8 Å². The van der Waals surface area contributed by atoms with Gasteiger partial charge in [-0.2, -0.15) is 5.26 Å². The van der Waals surface area contributed by atoms with Gasteiger partial charge in [-0.25, -0.2) is 0 Å². The Labute approximate surface area is 108 Å². The number of nitriles is 1. The van der Waals surface area contributed by atoms with E-state index in [1.165, 1.54) is 5.56 Å². The Kier molecular flexibility index (Phi) is 3.66. The lowest BCUT2D eigenvalue weighted by Gasteiger charge is -2.20. The highest BCUT2D eigenvalue weighted by Crippen LogP contribution is 2.19. The van der Waals surface area contributed by atoms with Crippen LogP contribution >= 0.6 is 0 Å². The average Bonchev–Trinajstić information content (AvgIpc) is 2.82. The molecule has 1 heterocycles. The SMILES string of the molecule is Cc1ccc(C)c(CC(=O)N2CCCC2C#N)c1. The van der Waals surface area contributed by atoms with Crippen molar-refractivity contribution in [1.82, 2.24) is 4.90 Å². The molecule has 0 spiro atoms. The van der Waals surface area contributed by atoms with Crippen LogP contribution in [0.2, 0.25) is 0 Å². The maximum Gasteiger partial charge on any atom is 0.228 e. The molecule has 0 bridgehead atoms. The van der Waals surface area contributed by atoms with Crippen molar-refractivity contribution in [3.05, 3.63) is 34.9 Å². The van der Waals surface area contributed by atoms with Crippen LogP contribution in [-0.2, 0) is 11.2 Å². The molecule has 94 valence electrons. The van der Waals surface area contributed by atoms with Gasteiger partial charge in [0.15, 0.2) is 0 Å². The highest BCUT2D eigenvalue weighted by molar-refractivity contribution is 5.80. The summed E-state index contributed by atoms with van der Waals surface area (Å²) < 4.78 is 0. The first-order valence-corrected chi connectivity index (χ1v) is 6.37. The molecule has 1 unspecified atom stereocenters. The van der Waals surface area contributed by atoms with Crippen molar-refractivity contribution in [3.63, 3.8) is 0 Å². The molecule has 1 saturated heterocycles. The minimum absolute atomic E-state index is 0.0766. The third-order valence-electron chi connectivity index (χ3n) is 3.57. The molecule has 1 aliphatic heterocycles. The van der Waals surface area contributed by atoms with Crippen molar-refractivity contribution in [2.24, 2.45) is 0 Å². The molecule has 0 aliphatic carbocycles. The van der Waals surface area contributed by atoms with Crippen LogP contribution in [0.4, 0.5) is 0 Å². The molecule has 0 radical (unpaired) electrons. The molecule has 3 nitrogen and oxygen atoms in total. The molecule has 2 rings (SSSR count). The molecule has 0 aromatic heterocycles. The highest BCUT2D eigenvalue weighted by Gasteiger charge is 2.28. The molecule has 0 saturated carbocycles. The molecule has 18 heavy (non-hydrogen) atoms. The normalized spacial score (nSPS) is 18.7. The second-order valence-electron chi connectivity index (χ2n) is 4.98. The fourth-order valence-electron chi connectivity index (χ4n) is 2.45. The summed E-state index contributed by atoms with van der Waals surface area (Å²) >= 11 is 0. The van der Waals surface area contributed by atoms with E-state index in [-0.39, 0.29) is 11.9 Å². The monoisotopic (exact) mass is 242 g/mol. The number of hydrogen-bond acceptors (Lipinski definition) is 2. The predicted octanol–water partition coefficient (Wildman–Crippen LogP) is 2.36. The van der Waals surface area contributed by atoms with Gasteiger partial charge in [0.05, 0.1) is 12.5 Å². The summed E-state index contributed by atoms with van der Waals surface area (Å²) in [6.45, 7) is 4.77. The Morgan fingerprint density at radius 1 is 1.50 bits per heavy atom. The molecular weight excluding hydrogens is 224 g/mol. The Morgan fingerprint density at radius 2 is 2.28 bits per heavy atom. The molecule has 0 N–H and O–H groups in total. The number of benzene rings is 1.